The highest BCUT2D eigenvalue weighted by molar-refractivity contribution is 7.98. The Morgan fingerprint density at radius 1 is 1.07 bits per heavy atom. The van der Waals surface area contributed by atoms with Crippen molar-refractivity contribution in [1.82, 2.24) is 20.3 Å². The molecule has 0 aliphatic carbocycles. The van der Waals surface area contributed by atoms with Crippen molar-refractivity contribution in [3.05, 3.63) is 72.1 Å². The molecule has 8 nitrogen and oxygen atoms in total. The highest BCUT2D eigenvalue weighted by Crippen LogP contribution is 2.24. The van der Waals surface area contributed by atoms with E-state index in [1.54, 1.807) is 0 Å². The molecule has 0 aliphatic rings. The number of aromatic nitrogens is 4. The molecule has 0 spiro atoms. The number of nitrogens with zero attached hydrogens (tertiary/aromatic N) is 4. The van der Waals surface area contributed by atoms with Crippen LogP contribution < -0.4 is 5.32 Å². The van der Waals surface area contributed by atoms with Crippen LogP contribution in [0.3, 0.4) is 0 Å². The molecule has 0 radical (unpaired) electrons. The first-order valence-electron chi connectivity index (χ1n) is 9.04. The van der Waals surface area contributed by atoms with Gasteiger partial charge in [0.2, 0.25) is 17.7 Å². The maximum Gasteiger partial charge on any atom is 0.277 e. The van der Waals surface area contributed by atoms with E-state index >= 15 is 0 Å². The summed E-state index contributed by atoms with van der Waals surface area (Å²) in [5.41, 5.74) is 1.37. The lowest BCUT2D eigenvalue weighted by Crippen LogP contribution is -2.12. The Morgan fingerprint density at radius 2 is 1.87 bits per heavy atom. The van der Waals surface area contributed by atoms with Crippen molar-refractivity contribution in [2.75, 3.05) is 5.32 Å². The van der Waals surface area contributed by atoms with Gasteiger partial charge in [0.25, 0.3) is 5.22 Å². The number of thioether (sulfide) groups is 1. The Hall–Kier alpha value is -3.53. The van der Waals surface area contributed by atoms with Gasteiger partial charge in [0.05, 0.1) is 5.75 Å². The second kappa shape index (κ2) is 9.31. The van der Waals surface area contributed by atoms with Gasteiger partial charge < -0.3 is 14.3 Å². The third kappa shape index (κ3) is 5.29. The van der Waals surface area contributed by atoms with Crippen LogP contribution in [0, 0.1) is 5.82 Å². The zero-order chi connectivity index (χ0) is 20.8. The monoisotopic (exact) mass is 425 g/mol. The van der Waals surface area contributed by atoms with Gasteiger partial charge in [-0.1, -0.05) is 35.1 Å². The number of nitrogens with one attached hydrogen (secondary N) is 1. The van der Waals surface area contributed by atoms with E-state index in [-0.39, 0.29) is 18.1 Å². The Morgan fingerprint density at radius 3 is 2.67 bits per heavy atom. The maximum absolute atomic E-state index is 12.9. The number of benzene rings is 2. The van der Waals surface area contributed by atoms with Crippen LogP contribution in [0.1, 0.15) is 18.1 Å². The van der Waals surface area contributed by atoms with Crippen LogP contribution >= 0.6 is 11.8 Å². The Labute approximate surface area is 174 Å². The predicted molar refractivity (Wildman–Crippen MR) is 107 cm³/mol. The molecule has 152 valence electrons. The van der Waals surface area contributed by atoms with Crippen LogP contribution in [0.15, 0.2) is 68.8 Å². The molecule has 0 aliphatic heterocycles. The molecular formula is C20H16FN5O3S. The van der Waals surface area contributed by atoms with Gasteiger partial charge in [-0.05, 0) is 36.4 Å². The van der Waals surface area contributed by atoms with E-state index in [0.717, 1.165) is 5.56 Å². The van der Waals surface area contributed by atoms with Gasteiger partial charge in [-0.15, -0.1) is 10.2 Å². The molecule has 30 heavy (non-hydrogen) atoms. The van der Waals surface area contributed by atoms with Crippen LogP contribution in [-0.2, 0) is 17.0 Å². The average Bonchev–Trinajstić information content (AvgIpc) is 3.43. The lowest BCUT2D eigenvalue weighted by Gasteiger charge is -2.03. The number of hydrogen-bond acceptors (Lipinski definition) is 8. The van der Waals surface area contributed by atoms with Crippen molar-refractivity contribution in [2.45, 2.75) is 23.8 Å². The molecule has 2 aromatic heterocycles. The number of halogens is 1. The van der Waals surface area contributed by atoms with Gasteiger partial charge in [0.1, 0.15) is 5.82 Å². The summed E-state index contributed by atoms with van der Waals surface area (Å²) in [5, 5.41) is 15.0. The van der Waals surface area contributed by atoms with Crippen molar-refractivity contribution < 1.29 is 18.1 Å². The van der Waals surface area contributed by atoms with Crippen LogP contribution in [0.2, 0.25) is 0 Å². The fraction of sp³-hybridized carbons (Fsp3) is 0.150. The minimum Gasteiger partial charge on any atom is -0.411 e. The van der Waals surface area contributed by atoms with E-state index in [1.165, 1.54) is 36.0 Å². The summed E-state index contributed by atoms with van der Waals surface area (Å²) in [4.78, 5) is 16.2. The summed E-state index contributed by atoms with van der Waals surface area (Å²) in [6.45, 7) is 0. The van der Waals surface area contributed by atoms with E-state index in [1.807, 2.05) is 30.3 Å². The summed E-state index contributed by atoms with van der Waals surface area (Å²) in [7, 11) is 0. The summed E-state index contributed by atoms with van der Waals surface area (Å²) >= 11 is 1.29. The van der Waals surface area contributed by atoms with Gasteiger partial charge in [-0.25, -0.2) is 4.39 Å². The minimum atomic E-state index is -0.360. The van der Waals surface area contributed by atoms with Crippen LogP contribution in [0.4, 0.5) is 10.1 Å². The number of rotatable bonds is 8. The molecule has 0 unspecified atom stereocenters. The molecule has 1 N–H and O–H groups in total. The number of aryl methyl sites for hydroxylation is 1. The minimum absolute atomic E-state index is 0.163. The number of hydrogen-bond donors (Lipinski definition) is 1. The Kier molecular flexibility index (Phi) is 6.14. The Bertz CT molecular complexity index is 1110. The summed E-state index contributed by atoms with van der Waals surface area (Å²) in [6, 6.07) is 15.0. The molecule has 4 aromatic rings. The fourth-order valence-corrected chi connectivity index (χ4v) is 3.13. The SMILES string of the molecule is O=C(CCc1nc(CSc2nnc(-c3ccccc3)o2)no1)Nc1ccc(F)cc1. The van der Waals surface area contributed by atoms with Crippen LogP contribution in [0.25, 0.3) is 11.5 Å². The van der Waals surface area contributed by atoms with Gasteiger partial charge >= 0.3 is 0 Å². The van der Waals surface area contributed by atoms with Crippen LogP contribution in [-0.4, -0.2) is 26.2 Å². The molecule has 0 saturated carbocycles. The van der Waals surface area contributed by atoms with Crippen molar-refractivity contribution >= 4 is 23.4 Å². The molecule has 10 heteroatoms. The molecule has 2 aromatic carbocycles. The number of amides is 1. The average molecular weight is 425 g/mol. The largest absolute Gasteiger partial charge is 0.411 e. The molecule has 0 fully saturated rings. The quantitative estimate of drug-likeness (QED) is 0.420. The topological polar surface area (TPSA) is 107 Å². The number of anilines is 1. The lowest BCUT2D eigenvalue weighted by atomic mass is 10.2. The van der Waals surface area contributed by atoms with Gasteiger partial charge in [-0.2, -0.15) is 4.98 Å². The highest BCUT2D eigenvalue weighted by atomic mass is 32.2. The zero-order valence-electron chi connectivity index (χ0n) is 15.6. The zero-order valence-corrected chi connectivity index (χ0v) is 16.4. The third-order valence-corrected chi connectivity index (χ3v) is 4.77. The lowest BCUT2D eigenvalue weighted by molar-refractivity contribution is -0.116. The van der Waals surface area contributed by atoms with Gasteiger partial charge in [0, 0.05) is 24.1 Å². The van der Waals surface area contributed by atoms with Crippen molar-refractivity contribution in [1.29, 1.82) is 0 Å². The molecule has 0 bridgehead atoms. The van der Waals surface area contributed by atoms with E-state index in [2.05, 4.69) is 25.7 Å². The second-order valence-corrected chi connectivity index (χ2v) is 7.11. The smallest absolute Gasteiger partial charge is 0.277 e. The van der Waals surface area contributed by atoms with E-state index in [4.69, 9.17) is 8.94 Å². The van der Waals surface area contributed by atoms with Gasteiger partial charge in [-0.3, -0.25) is 4.79 Å². The molecular weight excluding hydrogens is 409 g/mol. The molecule has 0 saturated heterocycles. The van der Waals surface area contributed by atoms with Crippen molar-refractivity contribution in [3.63, 3.8) is 0 Å². The van der Waals surface area contributed by atoms with Crippen molar-refractivity contribution in [2.24, 2.45) is 0 Å². The fourth-order valence-electron chi connectivity index (χ4n) is 2.52. The summed E-state index contributed by atoms with van der Waals surface area (Å²) in [5.74, 6) is 1.07. The second-order valence-electron chi connectivity index (χ2n) is 6.19. The number of carbonyl (C=O) groups excluding carboxylic acids is 1. The predicted octanol–water partition coefficient (Wildman–Crippen LogP) is 4.12. The summed E-state index contributed by atoms with van der Waals surface area (Å²) in [6.07, 6.45) is 0.458. The standard InChI is InChI=1S/C20H16FN5O3S/c21-14-6-8-15(9-7-14)22-17(27)10-11-18-23-16(26-29-18)12-30-20-25-24-19(28-20)13-4-2-1-3-5-13/h1-9H,10-12H2,(H,22,27). The summed E-state index contributed by atoms with van der Waals surface area (Å²) < 4.78 is 23.7. The third-order valence-electron chi connectivity index (χ3n) is 3.96. The van der Waals surface area contributed by atoms with E-state index in [0.29, 0.717) is 40.7 Å². The highest BCUT2D eigenvalue weighted by Gasteiger charge is 2.13. The van der Waals surface area contributed by atoms with Crippen LogP contribution in [0.5, 0.6) is 0 Å². The number of carbonyl (C=O) groups is 1. The molecule has 4 rings (SSSR count). The molecule has 2 heterocycles. The molecule has 1 amide bonds. The van der Waals surface area contributed by atoms with Gasteiger partial charge in [0.15, 0.2) is 5.82 Å². The molecule has 0 atom stereocenters. The van der Waals surface area contributed by atoms with E-state index in [9.17, 15) is 9.18 Å². The first-order valence-corrected chi connectivity index (χ1v) is 10.0. The normalized spacial score (nSPS) is 10.8. The first kappa shape index (κ1) is 19.8. The van der Waals surface area contributed by atoms with E-state index < -0.39 is 0 Å². The first-order chi connectivity index (χ1) is 14.7. The van der Waals surface area contributed by atoms with Crippen molar-refractivity contribution in [3.8, 4) is 11.5 Å². The Balaban J connectivity index is 1.25. The maximum atomic E-state index is 12.9.